The maximum absolute atomic E-state index is 4.42. The molecule has 0 aliphatic heterocycles. The van der Waals surface area contributed by atoms with Gasteiger partial charge in [-0.2, -0.15) is 5.10 Å². The van der Waals surface area contributed by atoms with Gasteiger partial charge in [0.05, 0.1) is 10.6 Å². The zero-order chi connectivity index (χ0) is 17.6. The summed E-state index contributed by atoms with van der Waals surface area (Å²) in [6, 6.07) is 17.2. The summed E-state index contributed by atoms with van der Waals surface area (Å²) in [7, 11) is 0. The number of rotatable bonds is 2. The van der Waals surface area contributed by atoms with Crippen LogP contribution in [0.5, 0.6) is 0 Å². The van der Waals surface area contributed by atoms with Gasteiger partial charge in [0.2, 0.25) is 4.96 Å². The lowest BCUT2D eigenvalue weighted by atomic mass is 9.86. The predicted molar refractivity (Wildman–Crippen MR) is 108 cm³/mol. The molecule has 0 saturated carbocycles. The summed E-state index contributed by atoms with van der Waals surface area (Å²) in [6.07, 6.45) is 1.61. The van der Waals surface area contributed by atoms with Crippen molar-refractivity contribution in [3.05, 3.63) is 64.9 Å². The Balaban J connectivity index is 1.89. The highest BCUT2D eigenvalue weighted by Crippen LogP contribution is 2.39. The number of aromatic nitrogens is 3. The normalized spacial score (nSPS) is 12.0. The largest absolute Gasteiger partial charge is 0.213 e. The number of benzene rings is 2. The fourth-order valence-electron chi connectivity index (χ4n) is 2.87. The fourth-order valence-corrected chi connectivity index (χ4v) is 4.19. The van der Waals surface area contributed by atoms with E-state index in [-0.39, 0.29) is 5.41 Å². The average molecular weight is 412 g/mol. The molecule has 126 valence electrons. The molecular formula is C20H18BrN3S. The van der Waals surface area contributed by atoms with E-state index in [2.05, 4.69) is 95.3 Å². The second kappa shape index (κ2) is 6.07. The first-order valence-electron chi connectivity index (χ1n) is 8.13. The molecule has 0 N–H and O–H groups in total. The van der Waals surface area contributed by atoms with Gasteiger partial charge in [-0.15, -0.1) is 0 Å². The Kier molecular flexibility index (Phi) is 4.01. The van der Waals surface area contributed by atoms with Crippen molar-refractivity contribution in [1.29, 1.82) is 0 Å². The number of fused-ring (bicyclic) bond motifs is 1. The van der Waals surface area contributed by atoms with Gasteiger partial charge in [0.25, 0.3) is 0 Å². The molecule has 25 heavy (non-hydrogen) atoms. The van der Waals surface area contributed by atoms with E-state index in [1.807, 2.05) is 4.52 Å². The van der Waals surface area contributed by atoms with E-state index in [4.69, 9.17) is 0 Å². The third-order valence-corrected chi connectivity index (χ3v) is 5.89. The maximum atomic E-state index is 4.42. The molecule has 0 aliphatic carbocycles. The highest BCUT2D eigenvalue weighted by atomic mass is 79.9. The zero-order valence-corrected chi connectivity index (χ0v) is 16.7. The lowest BCUT2D eigenvalue weighted by Crippen LogP contribution is -2.10. The van der Waals surface area contributed by atoms with Gasteiger partial charge in [-0.25, -0.2) is 9.50 Å². The third kappa shape index (κ3) is 3.02. The molecule has 0 fully saturated rings. The first-order valence-corrected chi connectivity index (χ1v) is 9.74. The van der Waals surface area contributed by atoms with Gasteiger partial charge in [-0.05, 0) is 28.7 Å². The molecule has 4 rings (SSSR count). The van der Waals surface area contributed by atoms with Crippen molar-refractivity contribution in [3.63, 3.8) is 0 Å². The minimum atomic E-state index is 0.151. The molecule has 0 radical (unpaired) electrons. The summed E-state index contributed by atoms with van der Waals surface area (Å²) >= 11 is 5.18. The van der Waals surface area contributed by atoms with E-state index in [0.29, 0.717) is 0 Å². The van der Waals surface area contributed by atoms with Gasteiger partial charge in [-0.1, -0.05) is 84.4 Å². The SMILES string of the molecule is CC(C)(C)c1ccc(-c2sc3ncnn3c2-c2ccc(Br)cc2)cc1. The molecule has 0 spiro atoms. The Labute approximate surface area is 159 Å². The van der Waals surface area contributed by atoms with Crippen molar-refractivity contribution in [2.45, 2.75) is 26.2 Å². The first-order chi connectivity index (χ1) is 11.9. The van der Waals surface area contributed by atoms with E-state index in [9.17, 15) is 0 Å². The summed E-state index contributed by atoms with van der Waals surface area (Å²) < 4.78 is 3.00. The summed E-state index contributed by atoms with van der Waals surface area (Å²) in [6.45, 7) is 6.70. The van der Waals surface area contributed by atoms with Crippen LogP contribution >= 0.6 is 27.3 Å². The molecule has 0 unspecified atom stereocenters. The van der Waals surface area contributed by atoms with E-state index in [1.165, 1.54) is 16.0 Å². The summed E-state index contributed by atoms with van der Waals surface area (Å²) in [5, 5.41) is 4.42. The molecule has 3 nitrogen and oxygen atoms in total. The van der Waals surface area contributed by atoms with Crippen molar-refractivity contribution in [2.75, 3.05) is 0 Å². The Hall–Kier alpha value is -1.98. The number of nitrogens with zero attached hydrogens (tertiary/aromatic N) is 3. The smallest absolute Gasteiger partial charge is 0.206 e. The van der Waals surface area contributed by atoms with Gasteiger partial charge in [-0.3, -0.25) is 0 Å². The van der Waals surface area contributed by atoms with Gasteiger partial charge < -0.3 is 0 Å². The average Bonchev–Trinajstić information content (AvgIpc) is 3.16. The lowest BCUT2D eigenvalue weighted by Gasteiger charge is -2.19. The van der Waals surface area contributed by atoms with Crippen LogP contribution in [0, 0.1) is 0 Å². The van der Waals surface area contributed by atoms with E-state index in [1.54, 1.807) is 17.7 Å². The van der Waals surface area contributed by atoms with Crippen LogP contribution in [0.15, 0.2) is 59.3 Å². The molecule has 0 bridgehead atoms. The van der Waals surface area contributed by atoms with Crippen LogP contribution in [0.2, 0.25) is 0 Å². The Bertz CT molecular complexity index is 1020. The molecule has 0 atom stereocenters. The second-order valence-electron chi connectivity index (χ2n) is 7.07. The van der Waals surface area contributed by atoms with Crippen LogP contribution in [0.3, 0.4) is 0 Å². The highest BCUT2D eigenvalue weighted by Gasteiger charge is 2.19. The topological polar surface area (TPSA) is 30.2 Å². The first kappa shape index (κ1) is 16.5. The minimum Gasteiger partial charge on any atom is -0.206 e. The molecule has 2 aromatic heterocycles. The van der Waals surface area contributed by atoms with Crippen molar-refractivity contribution < 1.29 is 0 Å². The van der Waals surface area contributed by atoms with E-state index in [0.717, 1.165) is 20.7 Å². The van der Waals surface area contributed by atoms with Gasteiger partial charge >= 0.3 is 0 Å². The molecular weight excluding hydrogens is 394 g/mol. The summed E-state index contributed by atoms with van der Waals surface area (Å²) in [5.41, 5.74) is 4.91. The second-order valence-corrected chi connectivity index (χ2v) is 8.96. The molecule has 5 heteroatoms. The van der Waals surface area contributed by atoms with Gasteiger partial charge in [0.1, 0.15) is 6.33 Å². The molecule has 2 heterocycles. The van der Waals surface area contributed by atoms with E-state index < -0.39 is 0 Å². The molecule has 0 amide bonds. The van der Waals surface area contributed by atoms with Crippen LogP contribution in [0.1, 0.15) is 26.3 Å². The highest BCUT2D eigenvalue weighted by molar-refractivity contribution is 9.10. The lowest BCUT2D eigenvalue weighted by molar-refractivity contribution is 0.590. The minimum absolute atomic E-state index is 0.151. The summed E-state index contributed by atoms with van der Waals surface area (Å²) in [5.74, 6) is 0. The van der Waals surface area contributed by atoms with Crippen LogP contribution in [-0.4, -0.2) is 14.6 Å². The van der Waals surface area contributed by atoms with Gasteiger partial charge in [0, 0.05) is 10.0 Å². The van der Waals surface area contributed by atoms with Gasteiger partial charge in [0.15, 0.2) is 0 Å². The summed E-state index contributed by atoms with van der Waals surface area (Å²) in [4.78, 5) is 6.49. The number of halogens is 1. The van der Waals surface area contributed by atoms with Crippen molar-refractivity contribution >= 4 is 32.2 Å². The van der Waals surface area contributed by atoms with Crippen LogP contribution in [-0.2, 0) is 5.41 Å². The molecule has 2 aromatic carbocycles. The number of hydrogen-bond donors (Lipinski definition) is 0. The predicted octanol–water partition coefficient (Wildman–Crippen LogP) is 6.18. The Morgan fingerprint density at radius 2 is 1.56 bits per heavy atom. The van der Waals surface area contributed by atoms with Crippen molar-refractivity contribution in [1.82, 2.24) is 14.6 Å². The standard InChI is InChI=1S/C20H18BrN3S/c1-20(2,3)15-8-4-14(5-9-15)18-17(13-6-10-16(21)11-7-13)24-19(25-18)22-12-23-24/h4-12H,1-3H3. The fraction of sp³-hybridized carbons (Fsp3) is 0.200. The molecule has 0 aliphatic rings. The number of hydrogen-bond acceptors (Lipinski definition) is 3. The maximum Gasteiger partial charge on any atom is 0.213 e. The Morgan fingerprint density at radius 3 is 2.20 bits per heavy atom. The quantitative estimate of drug-likeness (QED) is 0.393. The van der Waals surface area contributed by atoms with Crippen LogP contribution in [0.25, 0.3) is 26.7 Å². The Morgan fingerprint density at radius 1 is 0.920 bits per heavy atom. The van der Waals surface area contributed by atoms with Crippen LogP contribution < -0.4 is 0 Å². The van der Waals surface area contributed by atoms with Crippen molar-refractivity contribution in [2.24, 2.45) is 0 Å². The van der Waals surface area contributed by atoms with E-state index >= 15 is 0 Å². The monoisotopic (exact) mass is 411 g/mol. The zero-order valence-electron chi connectivity index (χ0n) is 14.3. The molecule has 4 aromatic rings. The van der Waals surface area contributed by atoms with Crippen LogP contribution in [0.4, 0.5) is 0 Å². The molecule has 0 saturated heterocycles. The van der Waals surface area contributed by atoms with Crippen molar-refractivity contribution in [3.8, 4) is 21.7 Å². The third-order valence-electron chi connectivity index (χ3n) is 4.27. The number of thiazole rings is 1.